The van der Waals surface area contributed by atoms with Crippen LogP contribution in [0.1, 0.15) is 34.5 Å². The fraction of sp³-hybridized carbons (Fsp3) is 0.241. The van der Waals surface area contributed by atoms with Crippen molar-refractivity contribution in [2.24, 2.45) is 0 Å². The molecule has 0 N–H and O–H groups in total. The maximum atomic E-state index is 14.3. The van der Waals surface area contributed by atoms with Gasteiger partial charge in [-0.25, -0.2) is 22.2 Å². The summed E-state index contributed by atoms with van der Waals surface area (Å²) in [6.45, 7) is 2.31. The SMILES string of the molecule is Cc1c(F)ccc2c1N(C1CCN(C(=O)c3cc(-c4cccnc4)n(-c4cc(F)c(F)c(F)c4)n3)CC1)C(=O)C2. The third kappa shape index (κ3) is 4.31. The lowest BCUT2D eigenvalue weighted by molar-refractivity contribution is -0.118. The second-order valence-electron chi connectivity index (χ2n) is 9.94. The number of aromatic nitrogens is 3. The Balaban J connectivity index is 1.27. The summed E-state index contributed by atoms with van der Waals surface area (Å²) in [5.74, 6) is -5.23. The number of carbonyl (C=O) groups is 2. The maximum absolute atomic E-state index is 14.3. The second kappa shape index (κ2) is 9.89. The lowest BCUT2D eigenvalue weighted by Crippen LogP contribution is -2.48. The van der Waals surface area contributed by atoms with Crippen molar-refractivity contribution in [3.63, 3.8) is 0 Å². The summed E-state index contributed by atoms with van der Waals surface area (Å²) in [5, 5.41) is 4.34. The normalized spacial score (nSPS) is 15.6. The molecule has 4 heterocycles. The molecule has 0 bridgehead atoms. The van der Waals surface area contributed by atoms with Gasteiger partial charge in [0.05, 0.1) is 23.5 Å². The van der Waals surface area contributed by atoms with Crippen LogP contribution in [0, 0.1) is 30.2 Å². The Kier molecular flexibility index (Phi) is 6.36. The molecule has 2 amide bonds. The van der Waals surface area contributed by atoms with E-state index in [0.29, 0.717) is 48.4 Å². The number of carbonyl (C=O) groups excluding carboxylic acids is 2. The van der Waals surface area contributed by atoms with Crippen molar-refractivity contribution in [2.75, 3.05) is 18.0 Å². The fourth-order valence-corrected chi connectivity index (χ4v) is 5.52. The van der Waals surface area contributed by atoms with Gasteiger partial charge in [-0.05, 0) is 49.6 Å². The van der Waals surface area contributed by atoms with Gasteiger partial charge in [-0.1, -0.05) is 6.07 Å². The number of rotatable bonds is 4. The number of pyridine rings is 1. The molecule has 0 atom stereocenters. The number of halogens is 4. The van der Waals surface area contributed by atoms with Crippen LogP contribution >= 0.6 is 0 Å². The van der Waals surface area contributed by atoms with E-state index in [1.54, 1.807) is 41.1 Å². The highest BCUT2D eigenvalue weighted by atomic mass is 19.2. The number of anilines is 1. The summed E-state index contributed by atoms with van der Waals surface area (Å²) < 4.78 is 57.2. The number of likely N-dealkylation sites (tertiary alicyclic amines) is 1. The minimum atomic E-state index is -1.60. The predicted octanol–water partition coefficient (Wildman–Crippen LogP) is 4.99. The summed E-state index contributed by atoms with van der Waals surface area (Å²) in [7, 11) is 0. The molecule has 2 aliphatic rings. The summed E-state index contributed by atoms with van der Waals surface area (Å²) in [6.07, 6.45) is 4.25. The molecular weight excluding hydrogens is 526 g/mol. The molecule has 4 aromatic rings. The Morgan fingerprint density at radius 2 is 1.70 bits per heavy atom. The van der Waals surface area contributed by atoms with Gasteiger partial charge in [0.15, 0.2) is 23.1 Å². The zero-order valence-electron chi connectivity index (χ0n) is 21.4. The number of nitrogens with zero attached hydrogens (tertiary/aromatic N) is 5. The summed E-state index contributed by atoms with van der Waals surface area (Å²) in [6, 6.07) is 9.30. The van der Waals surface area contributed by atoms with E-state index < -0.39 is 23.4 Å². The quantitative estimate of drug-likeness (QED) is 0.266. The number of fused-ring (bicyclic) bond motifs is 1. The largest absolute Gasteiger partial charge is 0.337 e. The van der Waals surface area contributed by atoms with Crippen LogP contribution in [-0.2, 0) is 11.2 Å². The molecule has 6 rings (SSSR count). The Bertz CT molecular complexity index is 1620. The van der Waals surface area contributed by atoms with Crippen molar-refractivity contribution in [3.8, 4) is 16.9 Å². The van der Waals surface area contributed by atoms with E-state index in [4.69, 9.17) is 0 Å². The first-order chi connectivity index (χ1) is 19.2. The number of piperidine rings is 1. The van der Waals surface area contributed by atoms with Crippen molar-refractivity contribution in [2.45, 2.75) is 32.2 Å². The smallest absolute Gasteiger partial charge is 0.274 e. The Morgan fingerprint density at radius 1 is 0.975 bits per heavy atom. The molecule has 0 unspecified atom stereocenters. The molecule has 11 heteroatoms. The van der Waals surface area contributed by atoms with Gasteiger partial charge < -0.3 is 9.80 Å². The molecule has 7 nitrogen and oxygen atoms in total. The molecule has 0 saturated carbocycles. The van der Waals surface area contributed by atoms with Gasteiger partial charge in [-0.15, -0.1) is 0 Å². The van der Waals surface area contributed by atoms with Gasteiger partial charge in [0.2, 0.25) is 5.91 Å². The van der Waals surface area contributed by atoms with Crippen molar-refractivity contribution < 1.29 is 27.2 Å². The van der Waals surface area contributed by atoms with Gasteiger partial charge in [-0.3, -0.25) is 14.6 Å². The molecule has 1 fully saturated rings. The van der Waals surface area contributed by atoms with E-state index in [-0.39, 0.29) is 35.6 Å². The Labute approximate surface area is 226 Å². The van der Waals surface area contributed by atoms with Crippen LogP contribution in [0.2, 0.25) is 0 Å². The highest BCUT2D eigenvalue weighted by molar-refractivity contribution is 6.03. The van der Waals surface area contributed by atoms with Gasteiger partial charge in [0.25, 0.3) is 5.91 Å². The van der Waals surface area contributed by atoms with Crippen molar-refractivity contribution in [1.29, 1.82) is 0 Å². The van der Waals surface area contributed by atoms with E-state index in [1.807, 2.05) is 0 Å². The van der Waals surface area contributed by atoms with E-state index in [9.17, 15) is 27.2 Å². The molecular formula is C29H23F4N5O2. The van der Waals surface area contributed by atoms with Crippen LogP contribution in [0.3, 0.4) is 0 Å². The first-order valence-corrected chi connectivity index (χ1v) is 12.8. The van der Waals surface area contributed by atoms with Crippen molar-refractivity contribution >= 4 is 17.5 Å². The van der Waals surface area contributed by atoms with Crippen LogP contribution in [0.5, 0.6) is 0 Å². The molecule has 1 saturated heterocycles. The van der Waals surface area contributed by atoms with Crippen LogP contribution < -0.4 is 4.90 Å². The summed E-state index contributed by atoms with van der Waals surface area (Å²) in [5.41, 5.74) is 2.66. The predicted molar refractivity (Wildman–Crippen MR) is 138 cm³/mol. The zero-order valence-corrected chi connectivity index (χ0v) is 21.4. The van der Waals surface area contributed by atoms with E-state index >= 15 is 0 Å². The monoisotopic (exact) mass is 549 g/mol. The second-order valence-corrected chi connectivity index (χ2v) is 9.94. The first-order valence-electron chi connectivity index (χ1n) is 12.8. The zero-order chi connectivity index (χ0) is 28.1. The lowest BCUT2D eigenvalue weighted by Gasteiger charge is -2.37. The van der Waals surface area contributed by atoms with Crippen LogP contribution in [0.15, 0.2) is 54.9 Å². The molecule has 0 spiro atoms. The number of hydrogen-bond donors (Lipinski definition) is 0. The lowest BCUT2D eigenvalue weighted by atomic mass is 10.0. The summed E-state index contributed by atoms with van der Waals surface area (Å²) in [4.78, 5) is 33.7. The van der Waals surface area contributed by atoms with E-state index in [1.165, 1.54) is 23.0 Å². The summed E-state index contributed by atoms with van der Waals surface area (Å²) >= 11 is 0. The third-order valence-electron chi connectivity index (χ3n) is 7.52. The average Bonchev–Trinajstić information content (AvgIpc) is 3.55. The maximum Gasteiger partial charge on any atom is 0.274 e. The van der Waals surface area contributed by atoms with Gasteiger partial charge in [0.1, 0.15) is 5.82 Å². The van der Waals surface area contributed by atoms with Gasteiger partial charge in [0, 0.05) is 54.8 Å². The molecule has 2 aromatic heterocycles. The van der Waals surface area contributed by atoms with Crippen LogP contribution in [0.4, 0.5) is 23.2 Å². The molecule has 2 aliphatic heterocycles. The minimum absolute atomic E-state index is 0.0305. The Morgan fingerprint density at radius 3 is 2.38 bits per heavy atom. The van der Waals surface area contributed by atoms with E-state index in [2.05, 4.69) is 10.1 Å². The Hall–Kier alpha value is -4.54. The molecule has 0 aliphatic carbocycles. The van der Waals surface area contributed by atoms with Crippen LogP contribution in [-0.4, -0.2) is 50.6 Å². The molecule has 40 heavy (non-hydrogen) atoms. The van der Waals surface area contributed by atoms with Gasteiger partial charge >= 0.3 is 0 Å². The number of amides is 2. The topological polar surface area (TPSA) is 71.3 Å². The van der Waals surface area contributed by atoms with Crippen molar-refractivity contribution in [3.05, 3.63) is 94.9 Å². The highest BCUT2D eigenvalue weighted by Crippen LogP contribution is 2.37. The highest BCUT2D eigenvalue weighted by Gasteiger charge is 2.37. The number of benzene rings is 2. The standard InChI is InChI=1S/C29H23F4N5O2/c1-16-21(30)5-4-17-11-26(39)37(28(16)17)19-6-9-36(10-7-19)29(40)24-14-25(18-3-2-8-34-15-18)38(35-24)20-12-22(31)27(33)23(32)13-20/h2-5,8,12-15,19H,6-7,9-11H2,1H3. The fourth-order valence-electron chi connectivity index (χ4n) is 5.52. The number of hydrogen-bond acceptors (Lipinski definition) is 4. The third-order valence-corrected chi connectivity index (χ3v) is 7.52. The average molecular weight is 550 g/mol. The molecule has 204 valence electrons. The van der Waals surface area contributed by atoms with Crippen LogP contribution in [0.25, 0.3) is 16.9 Å². The van der Waals surface area contributed by atoms with E-state index in [0.717, 1.165) is 17.7 Å². The molecule has 0 radical (unpaired) electrons. The molecule has 2 aromatic carbocycles. The first kappa shape index (κ1) is 25.7. The minimum Gasteiger partial charge on any atom is -0.337 e. The van der Waals surface area contributed by atoms with Crippen molar-refractivity contribution in [1.82, 2.24) is 19.7 Å². The van der Waals surface area contributed by atoms with Gasteiger partial charge in [-0.2, -0.15) is 5.10 Å².